The Balaban J connectivity index is 1.95. The fourth-order valence-electron chi connectivity index (χ4n) is 4.16. The molecule has 180 valence electrons. The zero-order chi connectivity index (χ0) is 25.3. The number of ketones is 1. The summed E-state index contributed by atoms with van der Waals surface area (Å²) in [6, 6.07) is 13.0. The van der Waals surface area contributed by atoms with E-state index in [1.165, 1.54) is 31.3 Å². The maximum atomic E-state index is 13.4. The molecule has 0 bridgehead atoms. The molecule has 1 unspecified atom stereocenters. The Bertz CT molecular complexity index is 1300. The molecular weight excluding hydrogens is 468 g/mol. The van der Waals surface area contributed by atoms with Gasteiger partial charge in [0.2, 0.25) is 0 Å². The van der Waals surface area contributed by atoms with Crippen molar-refractivity contribution in [3.63, 3.8) is 0 Å². The SMILES string of the molecule is COc1cc(/C(O)=C2\C(=O)C(=O)N(c3ccc(C(C)C)cc3)C2c2cccnc2)c(OC)cc1Cl. The Kier molecular flexibility index (Phi) is 6.80. The van der Waals surface area contributed by atoms with Crippen molar-refractivity contribution in [1.29, 1.82) is 0 Å². The number of Topliss-reactive ketones (excluding diaryl/α,β-unsaturated/α-hetero) is 1. The quantitative estimate of drug-likeness (QED) is 0.277. The number of pyridine rings is 1. The molecule has 4 rings (SSSR count). The van der Waals surface area contributed by atoms with E-state index in [1.54, 1.807) is 36.7 Å². The summed E-state index contributed by atoms with van der Waals surface area (Å²) in [6.07, 6.45) is 3.17. The van der Waals surface area contributed by atoms with Gasteiger partial charge < -0.3 is 14.6 Å². The van der Waals surface area contributed by atoms with Gasteiger partial charge in [-0.1, -0.05) is 43.6 Å². The molecule has 35 heavy (non-hydrogen) atoms. The Labute approximate surface area is 208 Å². The van der Waals surface area contributed by atoms with E-state index in [9.17, 15) is 14.7 Å². The van der Waals surface area contributed by atoms with Crippen molar-refractivity contribution in [2.45, 2.75) is 25.8 Å². The molecule has 1 aliphatic rings. The van der Waals surface area contributed by atoms with E-state index in [4.69, 9.17) is 21.1 Å². The van der Waals surface area contributed by atoms with Gasteiger partial charge in [0, 0.05) is 24.1 Å². The number of rotatable bonds is 6. The van der Waals surface area contributed by atoms with Gasteiger partial charge in [-0.15, -0.1) is 0 Å². The van der Waals surface area contributed by atoms with Crippen molar-refractivity contribution in [2.75, 3.05) is 19.1 Å². The van der Waals surface area contributed by atoms with E-state index in [1.807, 2.05) is 12.1 Å². The molecule has 2 aromatic carbocycles. The van der Waals surface area contributed by atoms with Crippen LogP contribution in [-0.2, 0) is 9.59 Å². The summed E-state index contributed by atoms with van der Waals surface area (Å²) >= 11 is 6.22. The van der Waals surface area contributed by atoms with Gasteiger partial charge in [-0.25, -0.2) is 0 Å². The number of benzene rings is 2. The molecule has 0 saturated carbocycles. The Hall–Kier alpha value is -3.84. The molecule has 1 fully saturated rings. The minimum atomic E-state index is -0.903. The van der Waals surface area contributed by atoms with E-state index in [0.29, 0.717) is 17.2 Å². The van der Waals surface area contributed by atoms with E-state index < -0.39 is 23.5 Å². The number of aliphatic hydroxyl groups is 1. The standard InChI is InChI=1S/C27H25ClN2O5/c1-15(2)16-7-9-18(10-8-16)30-24(17-6-5-11-29-14-17)23(26(32)27(30)33)25(31)19-12-22(35-4)20(28)13-21(19)34-3/h5-15,24,31H,1-4H3/b25-23+. The van der Waals surface area contributed by atoms with Gasteiger partial charge >= 0.3 is 0 Å². The number of carbonyl (C=O) groups excluding carboxylic acids is 2. The molecule has 1 aliphatic heterocycles. The molecule has 2 heterocycles. The topological polar surface area (TPSA) is 89.0 Å². The lowest BCUT2D eigenvalue weighted by Crippen LogP contribution is -2.29. The van der Waals surface area contributed by atoms with Crippen LogP contribution in [0, 0.1) is 0 Å². The normalized spacial score (nSPS) is 17.2. The Morgan fingerprint density at radius 1 is 1.06 bits per heavy atom. The first-order valence-electron chi connectivity index (χ1n) is 11.0. The molecule has 1 saturated heterocycles. The number of carbonyl (C=O) groups is 2. The Morgan fingerprint density at radius 3 is 2.31 bits per heavy atom. The molecule has 7 nitrogen and oxygen atoms in total. The number of aliphatic hydroxyl groups excluding tert-OH is 1. The van der Waals surface area contributed by atoms with Gasteiger partial charge in [0.25, 0.3) is 11.7 Å². The van der Waals surface area contributed by atoms with Crippen LogP contribution < -0.4 is 14.4 Å². The lowest BCUT2D eigenvalue weighted by atomic mass is 9.95. The summed E-state index contributed by atoms with van der Waals surface area (Å²) in [4.78, 5) is 32.2. The minimum absolute atomic E-state index is 0.0846. The number of methoxy groups -OCH3 is 2. The summed E-state index contributed by atoms with van der Waals surface area (Å²) in [7, 11) is 2.86. The Morgan fingerprint density at radius 2 is 1.74 bits per heavy atom. The largest absolute Gasteiger partial charge is 0.507 e. The van der Waals surface area contributed by atoms with Crippen LogP contribution in [0.1, 0.15) is 42.5 Å². The van der Waals surface area contributed by atoms with Gasteiger partial charge in [-0.3, -0.25) is 19.5 Å². The number of hydrogen-bond donors (Lipinski definition) is 1. The van der Waals surface area contributed by atoms with Crippen LogP contribution in [0.25, 0.3) is 5.76 Å². The van der Waals surface area contributed by atoms with Crippen molar-refractivity contribution in [1.82, 2.24) is 4.98 Å². The fraction of sp³-hybridized carbons (Fsp3) is 0.222. The average Bonchev–Trinajstić information content (AvgIpc) is 3.14. The predicted octanol–water partition coefficient (Wildman–Crippen LogP) is 5.50. The summed E-state index contributed by atoms with van der Waals surface area (Å²) in [5.41, 5.74) is 2.29. The second-order valence-corrected chi connectivity index (χ2v) is 8.80. The van der Waals surface area contributed by atoms with Gasteiger partial charge in [0.05, 0.1) is 36.4 Å². The van der Waals surface area contributed by atoms with Gasteiger partial charge in [-0.2, -0.15) is 0 Å². The first-order chi connectivity index (χ1) is 16.8. The van der Waals surface area contributed by atoms with Gasteiger partial charge in [0.1, 0.15) is 17.3 Å². The lowest BCUT2D eigenvalue weighted by Gasteiger charge is -2.25. The van der Waals surface area contributed by atoms with Crippen LogP contribution in [0.3, 0.4) is 0 Å². The van der Waals surface area contributed by atoms with Crippen LogP contribution in [0.2, 0.25) is 5.02 Å². The van der Waals surface area contributed by atoms with Crippen molar-refractivity contribution >= 4 is 34.7 Å². The third-order valence-electron chi connectivity index (χ3n) is 6.01. The number of hydrogen-bond acceptors (Lipinski definition) is 6. The highest BCUT2D eigenvalue weighted by Gasteiger charge is 2.47. The summed E-state index contributed by atoms with van der Waals surface area (Å²) < 4.78 is 10.7. The molecule has 3 aromatic rings. The molecule has 0 spiro atoms. The number of nitrogens with zero attached hydrogens (tertiary/aromatic N) is 2. The zero-order valence-electron chi connectivity index (χ0n) is 19.8. The van der Waals surface area contributed by atoms with Crippen molar-refractivity contribution in [3.05, 3.63) is 88.2 Å². The van der Waals surface area contributed by atoms with Crippen LogP contribution in [0.5, 0.6) is 11.5 Å². The molecule has 8 heteroatoms. The predicted molar refractivity (Wildman–Crippen MR) is 134 cm³/mol. The maximum absolute atomic E-state index is 13.4. The van der Waals surface area contributed by atoms with Crippen molar-refractivity contribution < 1.29 is 24.2 Å². The number of ether oxygens (including phenoxy) is 2. The van der Waals surface area contributed by atoms with E-state index >= 15 is 0 Å². The van der Waals surface area contributed by atoms with Crippen LogP contribution in [0.4, 0.5) is 5.69 Å². The lowest BCUT2D eigenvalue weighted by molar-refractivity contribution is -0.132. The van der Waals surface area contributed by atoms with Crippen LogP contribution in [0.15, 0.2) is 66.5 Å². The van der Waals surface area contributed by atoms with Crippen LogP contribution in [-0.4, -0.2) is 36.0 Å². The molecule has 1 aromatic heterocycles. The fourth-order valence-corrected chi connectivity index (χ4v) is 4.39. The number of aromatic nitrogens is 1. The monoisotopic (exact) mass is 492 g/mol. The van der Waals surface area contributed by atoms with E-state index in [0.717, 1.165) is 5.56 Å². The second-order valence-electron chi connectivity index (χ2n) is 8.39. The van der Waals surface area contributed by atoms with Crippen LogP contribution >= 0.6 is 11.6 Å². The van der Waals surface area contributed by atoms with Gasteiger partial charge in [0.15, 0.2) is 0 Å². The third kappa shape index (κ3) is 4.35. The van der Waals surface area contributed by atoms with E-state index in [-0.39, 0.29) is 27.7 Å². The second kappa shape index (κ2) is 9.80. The summed E-state index contributed by atoms with van der Waals surface area (Å²) in [5, 5.41) is 11.7. The molecular formula is C27H25ClN2O5. The number of amides is 1. The summed E-state index contributed by atoms with van der Waals surface area (Å²) in [6.45, 7) is 4.15. The first kappa shape index (κ1) is 24.3. The first-order valence-corrected chi connectivity index (χ1v) is 11.4. The molecule has 1 amide bonds. The molecule has 0 radical (unpaired) electrons. The molecule has 1 atom stereocenters. The van der Waals surface area contributed by atoms with Crippen molar-refractivity contribution in [3.8, 4) is 11.5 Å². The number of halogens is 1. The molecule has 0 aliphatic carbocycles. The maximum Gasteiger partial charge on any atom is 0.300 e. The minimum Gasteiger partial charge on any atom is -0.507 e. The van der Waals surface area contributed by atoms with Crippen molar-refractivity contribution in [2.24, 2.45) is 0 Å². The smallest absolute Gasteiger partial charge is 0.300 e. The summed E-state index contributed by atoms with van der Waals surface area (Å²) in [5.74, 6) is -1.15. The highest BCUT2D eigenvalue weighted by Crippen LogP contribution is 2.44. The molecule has 1 N–H and O–H groups in total. The third-order valence-corrected chi connectivity index (χ3v) is 6.31. The number of anilines is 1. The highest BCUT2D eigenvalue weighted by molar-refractivity contribution is 6.51. The van der Waals surface area contributed by atoms with Gasteiger partial charge in [-0.05, 0) is 41.3 Å². The van der Waals surface area contributed by atoms with E-state index in [2.05, 4.69) is 18.8 Å². The average molecular weight is 493 g/mol. The highest BCUT2D eigenvalue weighted by atomic mass is 35.5. The zero-order valence-corrected chi connectivity index (χ0v) is 20.5.